The molecule has 1 N–H and O–H groups in total. The summed E-state index contributed by atoms with van der Waals surface area (Å²) in [5.74, 6) is 0.811. The molecule has 0 spiro atoms. The van der Waals surface area contributed by atoms with E-state index in [-0.39, 0.29) is 11.4 Å². The van der Waals surface area contributed by atoms with E-state index in [1.807, 2.05) is 19.9 Å². The van der Waals surface area contributed by atoms with Crippen LogP contribution in [0.3, 0.4) is 0 Å². The quantitative estimate of drug-likeness (QED) is 0.573. The Morgan fingerprint density at radius 1 is 0.941 bits per heavy atom. The molecule has 8 nitrogen and oxygen atoms in total. The minimum absolute atomic E-state index is 0.145. The number of hydrogen-bond acceptors (Lipinski definition) is 6. The molecular formula is C25H26N2O6S. The Hall–Kier alpha value is -3.72. The number of anilines is 2. The van der Waals surface area contributed by atoms with E-state index in [0.717, 1.165) is 11.1 Å². The maximum absolute atomic E-state index is 13.6. The van der Waals surface area contributed by atoms with Crippen LogP contribution in [0.5, 0.6) is 17.2 Å². The van der Waals surface area contributed by atoms with Gasteiger partial charge in [0.25, 0.3) is 15.9 Å². The van der Waals surface area contributed by atoms with E-state index in [1.54, 1.807) is 54.6 Å². The van der Waals surface area contributed by atoms with Crippen molar-refractivity contribution in [3.8, 4) is 17.2 Å². The number of fused-ring (bicyclic) bond motifs is 1. The van der Waals surface area contributed by atoms with E-state index in [9.17, 15) is 13.2 Å². The average Bonchev–Trinajstić information content (AvgIpc) is 2.83. The van der Waals surface area contributed by atoms with Crippen LogP contribution >= 0.6 is 0 Å². The second-order valence-electron chi connectivity index (χ2n) is 7.99. The van der Waals surface area contributed by atoms with Gasteiger partial charge in [0, 0.05) is 11.8 Å². The predicted octanol–water partition coefficient (Wildman–Crippen LogP) is 3.92. The molecular weight excluding hydrogens is 456 g/mol. The van der Waals surface area contributed by atoms with Crippen molar-refractivity contribution in [2.75, 3.05) is 30.4 Å². The van der Waals surface area contributed by atoms with Gasteiger partial charge in [-0.1, -0.05) is 23.8 Å². The highest BCUT2D eigenvalue weighted by Gasteiger charge is 2.37. The van der Waals surface area contributed by atoms with Crippen molar-refractivity contribution in [1.82, 2.24) is 0 Å². The molecule has 4 rings (SSSR count). The van der Waals surface area contributed by atoms with Gasteiger partial charge in [-0.15, -0.1) is 0 Å². The standard InChI is InChI=1S/C25H26N2O6S/c1-16-5-9-19(10-6-16)34(29,30)27-15-24(33-21-11-7-17(2)13-20(21)27)25(28)26-18-8-12-22(31-3)23(14-18)32-4/h5-14,24H,15H2,1-4H3,(H,26,28)/t24-/m1/s1. The number of methoxy groups -OCH3 is 2. The topological polar surface area (TPSA) is 94.2 Å². The molecule has 1 amide bonds. The number of ether oxygens (including phenoxy) is 3. The first-order valence-corrected chi connectivity index (χ1v) is 12.1. The van der Waals surface area contributed by atoms with Gasteiger partial charge in [0.2, 0.25) is 0 Å². The van der Waals surface area contributed by atoms with Crippen molar-refractivity contribution in [2.24, 2.45) is 0 Å². The lowest BCUT2D eigenvalue weighted by Crippen LogP contribution is -2.48. The highest BCUT2D eigenvalue weighted by Crippen LogP contribution is 2.38. The smallest absolute Gasteiger partial charge is 0.267 e. The first-order chi connectivity index (χ1) is 16.2. The molecule has 1 aliphatic rings. The van der Waals surface area contributed by atoms with Crippen molar-refractivity contribution in [3.63, 3.8) is 0 Å². The summed E-state index contributed by atoms with van der Waals surface area (Å²) >= 11 is 0. The van der Waals surface area contributed by atoms with Gasteiger partial charge in [-0.25, -0.2) is 8.42 Å². The molecule has 0 unspecified atom stereocenters. The normalized spacial score (nSPS) is 15.2. The summed E-state index contributed by atoms with van der Waals surface area (Å²) in [6.07, 6.45) is -1.07. The number of aryl methyl sites for hydroxylation is 2. The van der Waals surface area contributed by atoms with Gasteiger partial charge in [-0.05, 0) is 55.8 Å². The zero-order valence-corrected chi connectivity index (χ0v) is 20.2. The summed E-state index contributed by atoms with van der Waals surface area (Å²) in [6.45, 7) is 3.58. The largest absolute Gasteiger partial charge is 0.493 e. The molecule has 0 saturated heterocycles. The third-order valence-corrected chi connectivity index (χ3v) is 7.33. The predicted molar refractivity (Wildman–Crippen MR) is 129 cm³/mol. The molecule has 3 aromatic carbocycles. The number of amides is 1. The Morgan fingerprint density at radius 2 is 1.62 bits per heavy atom. The van der Waals surface area contributed by atoms with Crippen molar-refractivity contribution >= 4 is 27.3 Å². The molecule has 34 heavy (non-hydrogen) atoms. The molecule has 0 aromatic heterocycles. The molecule has 1 aliphatic heterocycles. The number of nitrogens with one attached hydrogen (secondary N) is 1. The maximum Gasteiger partial charge on any atom is 0.267 e. The van der Waals surface area contributed by atoms with Crippen LogP contribution in [-0.4, -0.2) is 41.2 Å². The van der Waals surface area contributed by atoms with Crippen LogP contribution in [0.1, 0.15) is 11.1 Å². The number of hydrogen-bond donors (Lipinski definition) is 1. The zero-order chi connectivity index (χ0) is 24.5. The van der Waals surface area contributed by atoms with E-state index in [4.69, 9.17) is 14.2 Å². The third-order valence-electron chi connectivity index (χ3n) is 5.54. The Labute approximate surface area is 199 Å². The molecule has 178 valence electrons. The van der Waals surface area contributed by atoms with E-state index in [0.29, 0.717) is 28.6 Å². The van der Waals surface area contributed by atoms with Gasteiger partial charge >= 0.3 is 0 Å². The zero-order valence-electron chi connectivity index (χ0n) is 19.4. The Balaban J connectivity index is 1.66. The SMILES string of the molecule is COc1ccc(NC(=O)[C@H]2CN(S(=O)(=O)c3ccc(C)cc3)c3cc(C)ccc3O2)cc1OC. The van der Waals surface area contributed by atoms with Crippen LogP contribution in [0.2, 0.25) is 0 Å². The average molecular weight is 483 g/mol. The molecule has 0 bridgehead atoms. The summed E-state index contributed by atoms with van der Waals surface area (Å²) in [6, 6.07) is 16.8. The molecule has 3 aromatic rings. The number of carbonyl (C=O) groups is 1. The van der Waals surface area contributed by atoms with Crippen LogP contribution in [0, 0.1) is 13.8 Å². The first kappa shape index (κ1) is 23.4. The second-order valence-corrected chi connectivity index (χ2v) is 9.85. The van der Waals surface area contributed by atoms with Crippen molar-refractivity contribution in [2.45, 2.75) is 24.8 Å². The maximum atomic E-state index is 13.6. The van der Waals surface area contributed by atoms with Gasteiger partial charge in [0.1, 0.15) is 5.75 Å². The fraction of sp³-hybridized carbons (Fsp3) is 0.240. The van der Waals surface area contributed by atoms with Crippen LogP contribution in [0.4, 0.5) is 11.4 Å². The number of rotatable bonds is 6. The van der Waals surface area contributed by atoms with Crippen LogP contribution < -0.4 is 23.8 Å². The van der Waals surface area contributed by atoms with Crippen LogP contribution in [-0.2, 0) is 14.8 Å². The van der Waals surface area contributed by atoms with Crippen molar-refractivity contribution in [1.29, 1.82) is 0 Å². The summed E-state index contributed by atoms with van der Waals surface area (Å²) in [5, 5.41) is 2.78. The van der Waals surface area contributed by atoms with Crippen LogP contribution in [0.15, 0.2) is 65.6 Å². The number of nitrogens with zero attached hydrogens (tertiary/aromatic N) is 1. The fourth-order valence-electron chi connectivity index (χ4n) is 3.70. The minimum Gasteiger partial charge on any atom is -0.493 e. The lowest BCUT2D eigenvalue weighted by Gasteiger charge is -2.35. The highest BCUT2D eigenvalue weighted by atomic mass is 32.2. The van der Waals surface area contributed by atoms with Gasteiger partial charge in [0.15, 0.2) is 17.6 Å². The number of sulfonamides is 1. The van der Waals surface area contributed by atoms with Gasteiger partial charge in [-0.2, -0.15) is 0 Å². The molecule has 1 heterocycles. The first-order valence-electron chi connectivity index (χ1n) is 10.6. The molecule has 1 atom stereocenters. The molecule has 0 saturated carbocycles. The second kappa shape index (κ2) is 9.26. The van der Waals surface area contributed by atoms with E-state index >= 15 is 0 Å². The Bertz CT molecular complexity index is 1320. The van der Waals surface area contributed by atoms with Crippen molar-refractivity contribution < 1.29 is 27.4 Å². The third kappa shape index (κ3) is 4.51. The fourth-order valence-corrected chi connectivity index (χ4v) is 5.17. The molecule has 9 heteroatoms. The van der Waals surface area contributed by atoms with E-state index in [1.165, 1.54) is 18.5 Å². The Kier molecular flexibility index (Phi) is 6.39. The lowest BCUT2D eigenvalue weighted by atomic mass is 10.1. The molecule has 0 radical (unpaired) electrons. The van der Waals surface area contributed by atoms with Crippen LogP contribution in [0.25, 0.3) is 0 Å². The van der Waals surface area contributed by atoms with E-state index in [2.05, 4.69) is 5.32 Å². The lowest BCUT2D eigenvalue weighted by molar-refractivity contribution is -0.122. The summed E-state index contributed by atoms with van der Waals surface area (Å²) in [7, 11) is -0.909. The summed E-state index contributed by atoms with van der Waals surface area (Å²) in [4.78, 5) is 13.3. The minimum atomic E-state index is -3.93. The summed E-state index contributed by atoms with van der Waals surface area (Å²) < 4.78 is 44.8. The monoisotopic (exact) mass is 482 g/mol. The van der Waals surface area contributed by atoms with Gasteiger partial charge in [-0.3, -0.25) is 9.10 Å². The number of carbonyl (C=O) groups excluding carboxylic acids is 1. The molecule has 0 fully saturated rings. The van der Waals surface area contributed by atoms with Gasteiger partial charge < -0.3 is 19.5 Å². The summed E-state index contributed by atoms with van der Waals surface area (Å²) in [5.41, 5.74) is 2.69. The van der Waals surface area contributed by atoms with Gasteiger partial charge in [0.05, 0.1) is 31.3 Å². The van der Waals surface area contributed by atoms with E-state index < -0.39 is 22.0 Å². The highest BCUT2D eigenvalue weighted by molar-refractivity contribution is 7.92. The Morgan fingerprint density at radius 3 is 2.29 bits per heavy atom. The van der Waals surface area contributed by atoms with Crippen molar-refractivity contribution in [3.05, 3.63) is 71.8 Å². The number of benzene rings is 3. The molecule has 0 aliphatic carbocycles.